The highest BCUT2D eigenvalue weighted by atomic mass is 19.4. The number of carbonyl (C=O) groups excluding carboxylic acids is 1. The van der Waals surface area contributed by atoms with Crippen molar-refractivity contribution in [1.29, 1.82) is 0 Å². The van der Waals surface area contributed by atoms with Crippen LogP contribution in [0.3, 0.4) is 0 Å². The third-order valence-corrected chi connectivity index (χ3v) is 3.71. The van der Waals surface area contributed by atoms with E-state index in [1.807, 2.05) is 6.07 Å². The molecule has 0 radical (unpaired) electrons. The molecule has 0 aliphatic rings. The van der Waals surface area contributed by atoms with Crippen molar-refractivity contribution in [3.05, 3.63) is 84.4 Å². The number of ketones is 1. The fraction of sp³-hybridized carbons (Fsp3) is 0.0500. The number of hydrogen-bond donors (Lipinski definition) is 0. The third-order valence-electron chi connectivity index (χ3n) is 3.71. The Labute approximate surface area is 137 Å². The van der Waals surface area contributed by atoms with Gasteiger partial charge >= 0.3 is 6.18 Å². The highest BCUT2D eigenvalue weighted by Crippen LogP contribution is 2.33. The summed E-state index contributed by atoms with van der Waals surface area (Å²) < 4.78 is 39.0. The topological polar surface area (TPSA) is 17.1 Å². The molecule has 0 saturated heterocycles. The number of hydrogen-bond acceptors (Lipinski definition) is 1. The molecular formula is C20H13F3O. The van der Waals surface area contributed by atoms with Gasteiger partial charge in [-0.15, -0.1) is 0 Å². The molecule has 3 aromatic carbocycles. The van der Waals surface area contributed by atoms with Gasteiger partial charge in [-0.05, 0) is 28.3 Å². The predicted molar refractivity (Wildman–Crippen MR) is 87.7 cm³/mol. The zero-order valence-electron chi connectivity index (χ0n) is 12.5. The SMILES string of the molecule is O=C(c1cc(-c2ccccc2)ccc1-c1ccccc1)C(F)(F)F. The third kappa shape index (κ3) is 3.23. The Hall–Kier alpha value is -2.88. The monoisotopic (exact) mass is 326 g/mol. The van der Waals surface area contributed by atoms with E-state index in [1.54, 1.807) is 66.7 Å². The van der Waals surface area contributed by atoms with Crippen LogP contribution in [0.25, 0.3) is 22.3 Å². The average molecular weight is 326 g/mol. The second kappa shape index (κ2) is 6.32. The molecule has 0 N–H and O–H groups in total. The maximum absolute atomic E-state index is 13.0. The van der Waals surface area contributed by atoms with Crippen LogP contribution in [0.15, 0.2) is 78.9 Å². The standard InChI is InChI=1S/C20H13F3O/c21-20(22,23)19(24)18-13-16(14-7-3-1-4-8-14)11-12-17(18)15-9-5-2-6-10-15/h1-13H. The van der Waals surface area contributed by atoms with Crippen LogP contribution in [0.1, 0.15) is 10.4 Å². The van der Waals surface area contributed by atoms with Crippen molar-refractivity contribution in [2.24, 2.45) is 0 Å². The van der Waals surface area contributed by atoms with Crippen LogP contribution in [-0.4, -0.2) is 12.0 Å². The zero-order valence-corrected chi connectivity index (χ0v) is 12.5. The van der Waals surface area contributed by atoms with Crippen LogP contribution in [-0.2, 0) is 0 Å². The van der Waals surface area contributed by atoms with Crippen LogP contribution >= 0.6 is 0 Å². The van der Waals surface area contributed by atoms with Crippen molar-refractivity contribution in [1.82, 2.24) is 0 Å². The fourth-order valence-electron chi connectivity index (χ4n) is 2.56. The summed E-state index contributed by atoms with van der Waals surface area (Å²) in [7, 11) is 0. The Morgan fingerprint density at radius 3 is 1.75 bits per heavy atom. The van der Waals surface area contributed by atoms with Gasteiger partial charge in [-0.1, -0.05) is 72.8 Å². The number of Topliss-reactive ketones (excluding diaryl/α,β-unsaturated/α-hetero) is 1. The van der Waals surface area contributed by atoms with Crippen LogP contribution in [0, 0.1) is 0 Å². The quantitative estimate of drug-likeness (QED) is 0.559. The second-order valence-electron chi connectivity index (χ2n) is 5.32. The minimum Gasteiger partial charge on any atom is -0.284 e. The lowest BCUT2D eigenvalue weighted by Gasteiger charge is -2.13. The van der Waals surface area contributed by atoms with Crippen molar-refractivity contribution in [2.45, 2.75) is 6.18 Å². The van der Waals surface area contributed by atoms with Crippen molar-refractivity contribution in [3.63, 3.8) is 0 Å². The van der Waals surface area contributed by atoms with E-state index in [0.717, 1.165) is 5.56 Å². The van der Waals surface area contributed by atoms with Crippen molar-refractivity contribution in [3.8, 4) is 22.3 Å². The van der Waals surface area contributed by atoms with Gasteiger partial charge in [-0.25, -0.2) is 0 Å². The summed E-state index contributed by atoms with van der Waals surface area (Å²) in [5, 5.41) is 0. The highest BCUT2D eigenvalue weighted by molar-refractivity contribution is 6.06. The summed E-state index contributed by atoms with van der Waals surface area (Å²) >= 11 is 0. The van der Waals surface area contributed by atoms with E-state index >= 15 is 0 Å². The van der Waals surface area contributed by atoms with E-state index < -0.39 is 12.0 Å². The molecule has 0 unspecified atom stereocenters. The van der Waals surface area contributed by atoms with E-state index in [2.05, 4.69) is 0 Å². The van der Waals surface area contributed by atoms with Gasteiger partial charge in [-0.2, -0.15) is 13.2 Å². The first kappa shape index (κ1) is 16.0. The van der Waals surface area contributed by atoms with Crippen LogP contribution in [0.2, 0.25) is 0 Å². The predicted octanol–water partition coefficient (Wildman–Crippen LogP) is 5.77. The molecule has 0 fully saturated rings. The van der Waals surface area contributed by atoms with E-state index in [0.29, 0.717) is 11.1 Å². The molecule has 0 saturated carbocycles. The Balaban J connectivity index is 2.18. The normalized spacial score (nSPS) is 11.3. The van der Waals surface area contributed by atoms with Gasteiger partial charge in [-0.3, -0.25) is 4.79 Å². The van der Waals surface area contributed by atoms with Gasteiger partial charge in [0.2, 0.25) is 0 Å². The van der Waals surface area contributed by atoms with Gasteiger partial charge < -0.3 is 0 Å². The molecule has 0 atom stereocenters. The summed E-state index contributed by atoms with van der Waals surface area (Å²) in [6.07, 6.45) is -4.92. The van der Waals surface area contributed by atoms with Crippen molar-refractivity contribution in [2.75, 3.05) is 0 Å². The molecule has 0 spiro atoms. The minimum atomic E-state index is -4.92. The first-order chi connectivity index (χ1) is 11.5. The highest BCUT2D eigenvalue weighted by Gasteiger charge is 2.40. The number of halogens is 3. The summed E-state index contributed by atoms with van der Waals surface area (Å²) in [6.45, 7) is 0. The van der Waals surface area contributed by atoms with E-state index in [-0.39, 0.29) is 11.1 Å². The molecule has 0 bridgehead atoms. The van der Waals surface area contributed by atoms with Gasteiger partial charge in [0.15, 0.2) is 0 Å². The molecule has 3 aromatic rings. The molecule has 1 nitrogen and oxygen atoms in total. The minimum absolute atomic E-state index is 0.276. The molecule has 0 amide bonds. The van der Waals surface area contributed by atoms with Gasteiger partial charge in [0.25, 0.3) is 5.78 Å². The van der Waals surface area contributed by atoms with Crippen LogP contribution in [0.5, 0.6) is 0 Å². The first-order valence-electron chi connectivity index (χ1n) is 7.33. The van der Waals surface area contributed by atoms with E-state index in [1.165, 1.54) is 6.07 Å². The Kier molecular flexibility index (Phi) is 4.21. The lowest BCUT2D eigenvalue weighted by atomic mass is 9.92. The molecule has 0 aliphatic heterocycles. The maximum Gasteiger partial charge on any atom is 0.454 e. The Morgan fingerprint density at radius 2 is 1.21 bits per heavy atom. The number of benzene rings is 3. The molecule has 3 rings (SSSR count). The van der Waals surface area contributed by atoms with Gasteiger partial charge in [0.1, 0.15) is 0 Å². The summed E-state index contributed by atoms with van der Waals surface area (Å²) in [4.78, 5) is 11.9. The lowest BCUT2D eigenvalue weighted by Crippen LogP contribution is -2.23. The zero-order chi connectivity index (χ0) is 17.2. The fourth-order valence-corrected chi connectivity index (χ4v) is 2.56. The molecule has 0 aliphatic carbocycles. The largest absolute Gasteiger partial charge is 0.454 e. The van der Waals surface area contributed by atoms with Crippen LogP contribution in [0.4, 0.5) is 13.2 Å². The van der Waals surface area contributed by atoms with Crippen molar-refractivity contribution >= 4 is 5.78 Å². The molecular weight excluding hydrogens is 313 g/mol. The number of rotatable bonds is 3. The van der Waals surface area contributed by atoms with Crippen LogP contribution < -0.4 is 0 Å². The average Bonchev–Trinajstić information content (AvgIpc) is 2.61. The summed E-state index contributed by atoms with van der Waals surface area (Å²) in [6, 6.07) is 22.2. The molecule has 0 aromatic heterocycles. The molecule has 0 heterocycles. The van der Waals surface area contributed by atoms with Crippen molar-refractivity contribution < 1.29 is 18.0 Å². The number of alkyl halides is 3. The Morgan fingerprint density at radius 1 is 0.667 bits per heavy atom. The Bertz CT molecular complexity index is 853. The second-order valence-corrected chi connectivity index (χ2v) is 5.32. The smallest absolute Gasteiger partial charge is 0.284 e. The van der Waals surface area contributed by atoms with Gasteiger partial charge in [0, 0.05) is 5.56 Å². The van der Waals surface area contributed by atoms with E-state index in [4.69, 9.17) is 0 Å². The molecule has 24 heavy (non-hydrogen) atoms. The summed E-state index contributed by atoms with van der Waals surface area (Å²) in [5.41, 5.74) is 1.84. The maximum atomic E-state index is 13.0. The lowest BCUT2D eigenvalue weighted by molar-refractivity contribution is -0.0884. The molecule has 4 heteroatoms. The summed E-state index contributed by atoms with van der Waals surface area (Å²) in [5.74, 6) is -1.83. The molecule has 120 valence electrons. The first-order valence-corrected chi connectivity index (χ1v) is 7.33. The number of carbonyl (C=O) groups is 1. The van der Waals surface area contributed by atoms with E-state index in [9.17, 15) is 18.0 Å². The van der Waals surface area contributed by atoms with Gasteiger partial charge in [0.05, 0.1) is 0 Å².